The molecule has 0 aromatic heterocycles. The smallest absolute Gasteiger partial charge is 0.308 e. The number of nitrogens with one attached hydrogen (secondary N) is 1. The molecule has 1 atom stereocenters. The van der Waals surface area contributed by atoms with E-state index in [2.05, 4.69) is 5.32 Å². The second-order valence-electron chi connectivity index (χ2n) is 8.24. The van der Waals surface area contributed by atoms with E-state index in [1.807, 2.05) is 19.1 Å². The van der Waals surface area contributed by atoms with Crippen LogP contribution >= 0.6 is 11.8 Å². The molecule has 1 N–H and O–H groups in total. The standard InChI is InChI=1S/C25H20F3N3O2S/c1-15-5-8-22-19(11-15)25(23(32)30(22)14-16-6-7-20(27)21(28)12-16)31(9-10-34-25)24(33)29-18-4-2-3-17(26)13-18/h2-8,11-13H,9-10,14H2,1H3,(H,29,33). The number of nitrogens with zero attached hydrogens (tertiary/aromatic N) is 2. The molecule has 3 aromatic rings. The predicted molar refractivity (Wildman–Crippen MR) is 125 cm³/mol. The Balaban J connectivity index is 1.53. The number of hydrogen-bond donors (Lipinski definition) is 1. The summed E-state index contributed by atoms with van der Waals surface area (Å²) in [5.74, 6) is -2.26. The Bertz CT molecular complexity index is 1320. The number of carbonyl (C=O) groups is 2. The number of thioether (sulfide) groups is 1. The lowest BCUT2D eigenvalue weighted by Gasteiger charge is -2.33. The quantitative estimate of drug-likeness (QED) is 0.543. The molecule has 0 aliphatic carbocycles. The number of anilines is 2. The fourth-order valence-corrected chi connectivity index (χ4v) is 5.92. The highest BCUT2D eigenvalue weighted by atomic mass is 32.2. The average Bonchev–Trinajstić information content (AvgIpc) is 3.34. The van der Waals surface area contributed by atoms with Crippen LogP contribution in [0.15, 0.2) is 60.7 Å². The first-order valence-corrected chi connectivity index (χ1v) is 11.6. The third-order valence-corrected chi connectivity index (χ3v) is 7.41. The molecule has 9 heteroatoms. The monoisotopic (exact) mass is 483 g/mol. The number of rotatable bonds is 3. The molecule has 0 saturated carbocycles. The van der Waals surface area contributed by atoms with E-state index in [1.165, 1.54) is 45.8 Å². The molecule has 0 radical (unpaired) electrons. The van der Waals surface area contributed by atoms with Gasteiger partial charge in [0.05, 0.1) is 12.2 Å². The molecule has 3 aromatic carbocycles. The lowest BCUT2D eigenvalue weighted by Crippen LogP contribution is -2.51. The maximum absolute atomic E-state index is 13.9. The van der Waals surface area contributed by atoms with Crippen molar-refractivity contribution in [2.24, 2.45) is 0 Å². The van der Waals surface area contributed by atoms with E-state index in [9.17, 15) is 22.8 Å². The van der Waals surface area contributed by atoms with Gasteiger partial charge in [0.2, 0.25) is 0 Å². The SMILES string of the molecule is Cc1ccc2c(c1)C1(SCCN1C(=O)Nc1cccc(F)c1)C(=O)N2Cc1ccc(F)c(F)c1. The molecule has 1 spiro atoms. The summed E-state index contributed by atoms with van der Waals surface area (Å²) in [6.45, 7) is 2.23. The van der Waals surface area contributed by atoms with Crippen LogP contribution < -0.4 is 10.2 Å². The van der Waals surface area contributed by atoms with E-state index < -0.39 is 28.4 Å². The Hall–Kier alpha value is -3.46. The highest BCUT2D eigenvalue weighted by Crippen LogP contribution is 2.54. The van der Waals surface area contributed by atoms with E-state index in [4.69, 9.17) is 0 Å². The van der Waals surface area contributed by atoms with Gasteiger partial charge in [0, 0.05) is 23.5 Å². The summed E-state index contributed by atoms with van der Waals surface area (Å²) < 4.78 is 40.9. The maximum atomic E-state index is 13.9. The van der Waals surface area contributed by atoms with E-state index in [0.717, 1.165) is 17.7 Å². The molecule has 3 amide bonds. The Labute approximate surface area is 198 Å². The lowest BCUT2D eigenvalue weighted by atomic mass is 10.0. The number of urea groups is 1. The van der Waals surface area contributed by atoms with Crippen LogP contribution in [-0.2, 0) is 16.2 Å². The molecule has 174 valence electrons. The first-order valence-electron chi connectivity index (χ1n) is 10.6. The van der Waals surface area contributed by atoms with Crippen molar-refractivity contribution in [3.05, 3.63) is 94.8 Å². The van der Waals surface area contributed by atoms with E-state index in [0.29, 0.717) is 29.1 Å². The fraction of sp³-hybridized carbons (Fsp3) is 0.200. The van der Waals surface area contributed by atoms with Gasteiger partial charge in [-0.2, -0.15) is 0 Å². The number of carbonyl (C=O) groups excluding carboxylic acids is 2. The zero-order chi connectivity index (χ0) is 24.0. The fourth-order valence-electron chi connectivity index (χ4n) is 4.46. The summed E-state index contributed by atoms with van der Waals surface area (Å²) in [4.78, 5) is 28.9. The van der Waals surface area contributed by atoms with E-state index in [1.54, 1.807) is 12.1 Å². The van der Waals surface area contributed by atoms with Gasteiger partial charge in [0.15, 0.2) is 16.5 Å². The zero-order valence-electron chi connectivity index (χ0n) is 18.1. The normalized spacial score (nSPS) is 19.1. The maximum Gasteiger partial charge on any atom is 0.323 e. The van der Waals surface area contributed by atoms with Crippen molar-refractivity contribution in [3.63, 3.8) is 0 Å². The van der Waals surface area contributed by atoms with Gasteiger partial charge in [-0.05, 0) is 48.9 Å². The topological polar surface area (TPSA) is 52.7 Å². The number of amides is 3. The minimum absolute atomic E-state index is 0.0216. The summed E-state index contributed by atoms with van der Waals surface area (Å²) in [6, 6.07) is 14.1. The zero-order valence-corrected chi connectivity index (χ0v) is 19.0. The molecule has 5 rings (SSSR count). The Morgan fingerprint density at radius 1 is 1.06 bits per heavy atom. The minimum Gasteiger partial charge on any atom is -0.308 e. The average molecular weight is 484 g/mol. The van der Waals surface area contributed by atoms with Crippen molar-refractivity contribution in [3.8, 4) is 0 Å². The van der Waals surface area contributed by atoms with Crippen LogP contribution in [-0.4, -0.2) is 29.1 Å². The summed E-state index contributed by atoms with van der Waals surface area (Å²) in [5.41, 5.74) is 2.90. The molecule has 5 nitrogen and oxygen atoms in total. The van der Waals surface area contributed by atoms with Gasteiger partial charge in [0.25, 0.3) is 5.91 Å². The second kappa shape index (κ2) is 8.39. The summed E-state index contributed by atoms with van der Waals surface area (Å²) in [5, 5.41) is 2.69. The molecular weight excluding hydrogens is 463 g/mol. The molecule has 1 unspecified atom stereocenters. The number of fused-ring (bicyclic) bond motifs is 2. The van der Waals surface area contributed by atoms with Crippen LogP contribution in [0.4, 0.5) is 29.3 Å². The largest absolute Gasteiger partial charge is 0.323 e. The minimum atomic E-state index is -1.31. The summed E-state index contributed by atoms with van der Waals surface area (Å²) >= 11 is 1.35. The van der Waals surface area contributed by atoms with Gasteiger partial charge < -0.3 is 10.2 Å². The number of halogens is 3. The molecule has 1 fully saturated rings. The molecule has 34 heavy (non-hydrogen) atoms. The lowest BCUT2D eigenvalue weighted by molar-refractivity contribution is -0.123. The van der Waals surface area contributed by atoms with Crippen LogP contribution in [0.5, 0.6) is 0 Å². The first kappa shape index (κ1) is 22.3. The van der Waals surface area contributed by atoms with Gasteiger partial charge in [-0.25, -0.2) is 18.0 Å². The molecule has 2 aliphatic heterocycles. The highest BCUT2D eigenvalue weighted by molar-refractivity contribution is 8.01. The van der Waals surface area contributed by atoms with Crippen LogP contribution in [0.2, 0.25) is 0 Å². The number of aryl methyl sites for hydroxylation is 1. The second-order valence-corrected chi connectivity index (χ2v) is 9.53. The number of hydrogen-bond acceptors (Lipinski definition) is 3. The van der Waals surface area contributed by atoms with Gasteiger partial charge in [0.1, 0.15) is 5.82 Å². The summed E-state index contributed by atoms with van der Waals surface area (Å²) in [7, 11) is 0. The van der Waals surface area contributed by atoms with Gasteiger partial charge >= 0.3 is 6.03 Å². The van der Waals surface area contributed by atoms with E-state index in [-0.39, 0.29) is 18.1 Å². The molecule has 2 heterocycles. The highest BCUT2D eigenvalue weighted by Gasteiger charge is 2.59. The Morgan fingerprint density at radius 3 is 2.65 bits per heavy atom. The molecule has 2 aliphatic rings. The Kier molecular flexibility index (Phi) is 5.51. The van der Waals surface area contributed by atoms with Gasteiger partial charge in [-0.15, -0.1) is 11.8 Å². The van der Waals surface area contributed by atoms with Gasteiger partial charge in [-0.1, -0.05) is 29.8 Å². The molecule has 1 saturated heterocycles. The van der Waals surface area contributed by atoms with Crippen LogP contribution in [0.1, 0.15) is 16.7 Å². The molecule has 0 bridgehead atoms. The molecular formula is C25H20F3N3O2S. The van der Waals surface area contributed by atoms with Crippen LogP contribution in [0, 0.1) is 24.4 Å². The van der Waals surface area contributed by atoms with Gasteiger partial charge in [-0.3, -0.25) is 9.69 Å². The van der Waals surface area contributed by atoms with E-state index >= 15 is 0 Å². The van der Waals surface area contributed by atoms with Crippen molar-refractivity contribution in [2.45, 2.75) is 18.3 Å². The van der Waals surface area contributed by atoms with Crippen LogP contribution in [0.25, 0.3) is 0 Å². The third kappa shape index (κ3) is 3.60. The predicted octanol–water partition coefficient (Wildman–Crippen LogP) is 5.39. The number of benzene rings is 3. The Morgan fingerprint density at radius 2 is 1.88 bits per heavy atom. The first-order chi connectivity index (χ1) is 16.3. The van der Waals surface area contributed by atoms with Crippen molar-refractivity contribution in [1.29, 1.82) is 0 Å². The summed E-state index contributed by atoms with van der Waals surface area (Å²) in [6.07, 6.45) is 0. The van der Waals surface area contributed by atoms with Crippen molar-refractivity contribution in [2.75, 3.05) is 22.5 Å². The van der Waals surface area contributed by atoms with Crippen molar-refractivity contribution in [1.82, 2.24) is 4.90 Å². The van der Waals surface area contributed by atoms with Crippen molar-refractivity contribution < 1.29 is 22.8 Å². The van der Waals surface area contributed by atoms with Crippen LogP contribution in [0.3, 0.4) is 0 Å². The van der Waals surface area contributed by atoms with Crippen molar-refractivity contribution >= 4 is 35.1 Å². The third-order valence-electron chi connectivity index (χ3n) is 5.99.